The van der Waals surface area contributed by atoms with Crippen molar-refractivity contribution < 1.29 is 0 Å². The van der Waals surface area contributed by atoms with Crippen LogP contribution in [-0.4, -0.2) is 15.0 Å². The second-order valence-corrected chi connectivity index (χ2v) is 33.8. The molecule has 123 heavy (non-hydrogen) atoms. The summed E-state index contributed by atoms with van der Waals surface area (Å²) < 4.78 is 0. The summed E-state index contributed by atoms with van der Waals surface area (Å²) in [7, 11) is 0. The molecule has 19 aromatic rings. The van der Waals surface area contributed by atoms with Gasteiger partial charge in [0.2, 0.25) is 0 Å². The van der Waals surface area contributed by atoms with Crippen molar-refractivity contribution in [3.63, 3.8) is 0 Å². The zero-order valence-corrected chi connectivity index (χ0v) is 68.0. The van der Waals surface area contributed by atoms with Crippen LogP contribution < -0.4 is 14.7 Å². The van der Waals surface area contributed by atoms with Crippen LogP contribution in [0.2, 0.25) is 0 Å². The van der Waals surface area contributed by atoms with Crippen molar-refractivity contribution in [2.45, 2.75) is 37.0 Å². The molecule has 6 nitrogen and oxygen atoms in total. The quantitative estimate of drug-likeness (QED) is 0.144. The Hall–Kier alpha value is -15.6. The number of para-hydroxylation sites is 9. The van der Waals surface area contributed by atoms with Gasteiger partial charge in [-0.1, -0.05) is 326 Å². The predicted molar refractivity (Wildman–Crippen MR) is 503 cm³/mol. The number of hydrogen-bond donors (Lipinski definition) is 0. The van der Waals surface area contributed by atoms with Crippen molar-refractivity contribution in [1.82, 2.24) is 15.0 Å². The van der Waals surface area contributed by atoms with Gasteiger partial charge < -0.3 is 14.7 Å². The molecule has 0 bridgehead atoms. The minimum atomic E-state index is -0.644. The van der Waals surface area contributed by atoms with Gasteiger partial charge in [0.15, 0.2) is 17.5 Å². The Labute approximate surface area is 716 Å². The van der Waals surface area contributed by atoms with Crippen molar-refractivity contribution in [3.8, 4) is 101 Å². The van der Waals surface area contributed by atoms with Crippen molar-refractivity contribution in [2.75, 3.05) is 14.7 Å². The van der Waals surface area contributed by atoms with E-state index in [9.17, 15) is 0 Å². The van der Waals surface area contributed by atoms with Crippen LogP contribution in [0.1, 0.15) is 83.5 Å². The minimum Gasteiger partial charge on any atom is -0.310 e. The molecular weight excluding hydrogens is 1490 g/mol. The molecule has 0 amide bonds. The molecule has 1 aromatic heterocycles. The summed E-state index contributed by atoms with van der Waals surface area (Å²) in [6.45, 7) is 6.68. The van der Waals surface area contributed by atoms with E-state index in [0.717, 1.165) is 101 Å². The van der Waals surface area contributed by atoms with E-state index in [0.29, 0.717) is 17.5 Å². The highest BCUT2D eigenvalue weighted by molar-refractivity contribution is 6.02. The van der Waals surface area contributed by atoms with Crippen LogP contribution in [0, 0.1) is 20.8 Å². The first-order chi connectivity index (χ1) is 60.7. The first-order valence-corrected chi connectivity index (χ1v) is 42.7. The van der Waals surface area contributed by atoms with Gasteiger partial charge in [-0.3, -0.25) is 0 Å². The van der Waals surface area contributed by atoms with Crippen LogP contribution in [0.3, 0.4) is 0 Å². The molecule has 0 fully saturated rings. The number of aromatic nitrogens is 3. The Morgan fingerprint density at radius 1 is 0.163 bits per heavy atom. The van der Waals surface area contributed by atoms with Crippen LogP contribution in [-0.2, 0) is 16.2 Å². The maximum absolute atomic E-state index is 5.68. The van der Waals surface area contributed by atoms with Crippen LogP contribution in [0.15, 0.2) is 419 Å². The van der Waals surface area contributed by atoms with Gasteiger partial charge in [-0.25, -0.2) is 15.0 Å². The van der Waals surface area contributed by atoms with E-state index in [-0.39, 0.29) is 0 Å². The highest BCUT2D eigenvalue weighted by Gasteiger charge is 2.56. The van der Waals surface area contributed by atoms with Crippen molar-refractivity contribution in [3.05, 3.63) is 502 Å². The number of nitrogens with zero attached hydrogens (tertiary/aromatic N) is 6. The minimum absolute atomic E-state index is 0.572. The third kappa shape index (κ3) is 10.1. The van der Waals surface area contributed by atoms with Crippen LogP contribution in [0.4, 0.5) is 51.2 Å². The van der Waals surface area contributed by atoms with Crippen LogP contribution >= 0.6 is 0 Å². The molecule has 6 aliphatic rings. The monoisotopic (exact) mass is 1570 g/mol. The van der Waals surface area contributed by atoms with E-state index < -0.39 is 16.2 Å². The van der Waals surface area contributed by atoms with Gasteiger partial charge in [0.1, 0.15) is 0 Å². The molecule has 0 saturated carbocycles. The van der Waals surface area contributed by atoms with E-state index in [1.54, 1.807) is 0 Å². The number of hydrogen-bond acceptors (Lipinski definition) is 6. The summed E-state index contributed by atoms with van der Waals surface area (Å²) in [6, 6.07) is 156. The Balaban J connectivity index is 0.657. The lowest BCUT2D eigenvalue weighted by molar-refractivity contribution is 0.752. The summed E-state index contributed by atoms with van der Waals surface area (Å²) in [5.41, 5.74) is 43.8. The van der Waals surface area contributed by atoms with E-state index >= 15 is 0 Å². The molecular formula is C117H78N6. The van der Waals surface area contributed by atoms with E-state index in [4.69, 9.17) is 15.0 Å². The predicted octanol–water partition coefficient (Wildman–Crippen LogP) is 29.2. The molecule has 6 heteroatoms. The Kier molecular flexibility index (Phi) is 15.4. The lowest BCUT2D eigenvalue weighted by atomic mass is 9.64. The lowest BCUT2D eigenvalue weighted by Gasteiger charge is -2.45. The highest BCUT2D eigenvalue weighted by Crippen LogP contribution is 2.68. The van der Waals surface area contributed by atoms with Crippen molar-refractivity contribution >= 4 is 51.2 Å². The third-order valence-corrected chi connectivity index (χ3v) is 27.2. The fourth-order valence-corrected chi connectivity index (χ4v) is 22.2. The van der Waals surface area contributed by atoms with Gasteiger partial charge in [-0.05, 0) is 263 Å². The molecule has 3 spiro atoms. The van der Waals surface area contributed by atoms with Gasteiger partial charge in [0.25, 0.3) is 0 Å². The molecule has 3 aliphatic carbocycles. The largest absolute Gasteiger partial charge is 0.310 e. The SMILES string of the molecule is Cc1ccc2c(c1)C1(c3cc(-c4cccc(-c5nc(-c6cccc(-c7ccc8c(c7)C7(c9cc(C)ccc9-8)c8ccccc8N(c8ccccc8)c8ccccc87)c6)nc(-c6cccc(-c7ccc8c(c7)C7(c9cc(C)ccc9-8)c8ccccc8N(c8ccccc8)c8ccccc87)c6)n5)c4)ccc3-2)c2ccccc2N(c2ccccc2)c2ccccc21. The molecule has 576 valence electrons. The summed E-state index contributed by atoms with van der Waals surface area (Å²) in [5, 5.41) is 0. The summed E-state index contributed by atoms with van der Waals surface area (Å²) >= 11 is 0. The number of anilines is 9. The van der Waals surface area contributed by atoms with Crippen LogP contribution in [0.25, 0.3) is 101 Å². The molecule has 18 aromatic carbocycles. The van der Waals surface area contributed by atoms with Gasteiger partial charge in [-0.15, -0.1) is 0 Å². The van der Waals surface area contributed by atoms with E-state index in [1.807, 2.05) is 0 Å². The van der Waals surface area contributed by atoms with E-state index in [1.165, 1.54) is 117 Å². The zero-order valence-electron chi connectivity index (χ0n) is 68.0. The molecule has 3 aliphatic heterocycles. The van der Waals surface area contributed by atoms with Gasteiger partial charge in [0.05, 0.1) is 50.4 Å². The van der Waals surface area contributed by atoms with Crippen LogP contribution in [0.5, 0.6) is 0 Å². The average molecular weight is 1570 g/mol. The van der Waals surface area contributed by atoms with Crippen molar-refractivity contribution in [2.24, 2.45) is 0 Å². The standard InChI is InChI=1S/C117H78N6/c1-73-52-58-88-91-61-55-79(70-103(91)115(100(88)64-73)94-40-13-19-46-106(94)121(85-34-7-4-8-35-85)107-47-20-14-41-95(107)115)76-28-25-31-82(67-76)112-118-113(83-32-26-29-77(68-83)80-56-62-92-89-59-53-74(2)65-101(89)116(104(92)71-80)96-42-15-21-48-108(96)122(86-36-9-5-10-37-86)109-49-22-16-43-97(109)116)120-114(119-112)84-33-27-30-78(69-84)81-57-63-93-90-60-54-75(3)66-102(90)117(105(93)72-81)98-44-17-23-50-110(98)123(87-38-11-6-12-39-87)111-51-24-18-45-99(111)117/h4-72H,1-3H3. The fourth-order valence-electron chi connectivity index (χ4n) is 22.2. The Bertz CT molecular complexity index is 6780. The van der Waals surface area contributed by atoms with Gasteiger partial charge in [0, 0.05) is 33.8 Å². The molecule has 0 radical (unpaired) electrons. The third-order valence-electron chi connectivity index (χ3n) is 27.2. The maximum atomic E-state index is 5.68. The molecule has 0 unspecified atom stereocenters. The normalized spacial score (nSPS) is 14.1. The second kappa shape index (κ2) is 26.9. The molecule has 25 rings (SSSR count). The van der Waals surface area contributed by atoms with Gasteiger partial charge in [-0.2, -0.15) is 0 Å². The molecule has 4 heterocycles. The average Bonchev–Trinajstić information content (AvgIpc) is 1.56. The summed E-state index contributed by atoms with van der Waals surface area (Å²) in [6.07, 6.45) is 0. The van der Waals surface area contributed by atoms with Crippen molar-refractivity contribution in [1.29, 1.82) is 0 Å². The number of fused-ring (bicyclic) bond motifs is 27. The Morgan fingerprint density at radius 2 is 0.366 bits per heavy atom. The topological polar surface area (TPSA) is 48.4 Å². The molecule has 0 N–H and O–H groups in total. The number of aryl methyl sites for hydroxylation is 3. The smallest absolute Gasteiger partial charge is 0.164 e. The zero-order chi connectivity index (χ0) is 81.4. The van der Waals surface area contributed by atoms with Gasteiger partial charge >= 0.3 is 0 Å². The first-order valence-electron chi connectivity index (χ1n) is 42.7. The molecule has 0 saturated heterocycles. The van der Waals surface area contributed by atoms with E-state index in [2.05, 4.69) is 454 Å². The summed E-state index contributed by atoms with van der Waals surface area (Å²) in [5.74, 6) is 1.72. The first kappa shape index (κ1) is 70.4. The number of benzene rings is 18. The second-order valence-electron chi connectivity index (χ2n) is 33.8. The number of rotatable bonds is 9. The lowest BCUT2D eigenvalue weighted by Crippen LogP contribution is -2.36. The highest BCUT2D eigenvalue weighted by atomic mass is 15.2. The fraction of sp³-hybridized carbons (Fsp3) is 0.0513. The molecule has 0 atom stereocenters. The maximum Gasteiger partial charge on any atom is 0.164 e. The summed E-state index contributed by atoms with van der Waals surface area (Å²) in [4.78, 5) is 24.4. The Morgan fingerprint density at radius 3 is 0.618 bits per heavy atom.